The predicted molar refractivity (Wildman–Crippen MR) is 95.8 cm³/mol. The summed E-state index contributed by atoms with van der Waals surface area (Å²) in [5.41, 5.74) is -7.14. The van der Waals surface area contributed by atoms with Gasteiger partial charge in [0.1, 0.15) is 6.17 Å². The van der Waals surface area contributed by atoms with Gasteiger partial charge in [0.2, 0.25) is 0 Å². The minimum Gasteiger partial charge on any atom is -0.479 e. The van der Waals surface area contributed by atoms with Gasteiger partial charge in [-0.15, -0.1) is 0 Å². The van der Waals surface area contributed by atoms with Gasteiger partial charge in [-0.1, -0.05) is 19.9 Å². The highest BCUT2D eigenvalue weighted by Gasteiger charge is 2.76. The maximum atomic E-state index is 16.8. The van der Waals surface area contributed by atoms with E-state index in [9.17, 15) is 24.9 Å². The largest absolute Gasteiger partial charge is 0.479 e. The van der Waals surface area contributed by atoms with Crippen molar-refractivity contribution < 1.29 is 33.7 Å². The number of aliphatic carboxylic acids is 1. The fraction of sp³-hybridized carbons (Fsp3) is 0.714. The van der Waals surface area contributed by atoms with Gasteiger partial charge in [-0.05, 0) is 55.7 Å². The Kier molecular flexibility index (Phi) is 3.88. The normalized spacial score (nSPS) is 55.2. The standard InChI is InChI=1S/C21H26F2O5/c1-10-6-12-13-8-15(22)14-7-11(24)4-5-18(14,2)20(13,23)16(25)9-19(12,3)21(10,28)17(26)27/h4-5,7,10,12-13,15-16,25,28H,6,8-9H2,1-3H3,(H,26,27)/t10-,12?,13?,15+,16+,18?,19?,20+,21+/m1/s1. The Bertz CT molecular complexity index is 824. The molecule has 0 amide bonds. The molecule has 4 unspecified atom stereocenters. The first-order valence-corrected chi connectivity index (χ1v) is 9.76. The van der Waals surface area contributed by atoms with Gasteiger partial charge < -0.3 is 15.3 Å². The van der Waals surface area contributed by atoms with Gasteiger partial charge in [0.15, 0.2) is 17.1 Å². The van der Waals surface area contributed by atoms with E-state index in [0.717, 1.165) is 6.08 Å². The highest BCUT2D eigenvalue weighted by atomic mass is 19.1. The van der Waals surface area contributed by atoms with Crippen molar-refractivity contribution in [3.8, 4) is 0 Å². The number of aliphatic hydroxyl groups is 2. The molecule has 7 heteroatoms. The van der Waals surface area contributed by atoms with E-state index in [1.54, 1.807) is 13.8 Å². The van der Waals surface area contributed by atoms with Gasteiger partial charge in [-0.2, -0.15) is 0 Å². The van der Waals surface area contributed by atoms with Crippen LogP contribution < -0.4 is 0 Å². The van der Waals surface area contributed by atoms with Crippen LogP contribution in [0.25, 0.3) is 0 Å². The molecule has 9 atom stereocenters. The van der Waals surface area contributed by atoms with Crippen LogP contribution in [-0.4, -0.2) is 50.6 Å². The summed E-state index contributed by atoms with van der Waals surface area (Å²) in [4.78, 5) is 23.7. The first kappa shape index (κ1) is 19.7. The monoisotopic (exact) mass is 396 g/mol. The van der Waals surface area contributed by atoms with Gasteiger partial charge >= 0.3 is 5.97 Å². The summed E-state index contributed by atoms with van der Waals surface area (Å²) in [6.07, 6.45) is 0.214. The lowest BCUT2D eigenvalue weighted by Gasteiger charge is -2.62. The van der Waals surface area contributed by atoms with Crippen molar-refractivity contribution in [1.82, 2.24) is 0 Å². The van der Waals surface area contributed by atoms with Gasteiger partial charge in [0.05, 0.1) is 6.10 Å². The number of rotatable bonds is 1. The van der Waals surface area contributed by atoms with E-state index >= 15 is 8.78 Å². The molecule has 0 radical (unpaired) electrons. The Morgan fingerprint density at radius 2 is 1.89 bits per heavy atom. The number of alkyl halides is 2. The van der Waals surface area contributed by atoms with E-state index in [-0.39, 0.29) is 24.8 Å². The van der Waals surface area contributed by atoms with Crippen molar-refractivity contribution in [1.29, 1.82) is 0 Å². The highest BCUT2D eigenvalue weighted by molar-refractivity contribution is 6.01. The summed E-state index contributed by atoms with van der Waals surface area (Å²) < 4.78 is 31.9. The van der Waals surface area contributed by atoms with Gasteiger partial charge in [-0.3, -0.25) is 4.79 Å². The van der Waals surface area contributed by atoms with E-state index in [1.165, 1.54) is 19.1 Å². The molecule has 0 spiro atoms. The first-order valence-electron chi connectivity index (χ1n) is 9.76. The molecule has 4 aliphatic rings. The van der Waals surface area contributed by atoms with Crippen LogP contribution in [0, 0.1) is 28.6 Å². The number of allylic oxidation sites excluding steroid dienone is 4. The lowest BCUT2D eigenvalue weighted by Crippen LogP contribution is -2.70. The minimum atomic E-state index is -2.26. The number of ketones is 1. The molecule has 0 aliphatic heterocycles. The highest BCUT2D eigenvalue weighted by Crippen LogP contribution is 2.70. The summed E-state index contributed by atoms with van der Waals surface area (Å²) >= 11 is 0. The van der Waals surface area contributed by atoms with Crippen LogP contribution in [0.5, 0.6) is 0 Å². The molecule has 4 aliphatic carbocycles. The molecule has 3 N–H and O–H groups in total. The number of carboxylic acid groups (broad SMARTS) is 1. The summed E-state index contributed by atoms with van der Waals surface area (Å²) in [5, 5.41) is 31.8. The minimum absolute atomic E-state index is 0.0287. The zero-order valence-corrected chi connectivity index (χ0v) is 16.2. The van der Waals surface area contributed by atoms with E-state index in [1.807, 2.05) is 0 Å². The number of halogens is 2. The van der Waals surface area contributed by atoms with Crippen LogP contribution in [0.3, 0.4) is 0 Å². The number of carbonyl (C=O) groups excluding carboxylic acids is 1. The number of fused-ring (bicyclic) bond motifs is 5. The molecule has 28 heavy (non-hydrogen) atoms. The zero-order chi connectivity index (χ0) is 20.9. The second-order valence-electron chi connectivity index (χ2n) is 9.57. The third-order valence-corrected chi connectivity index (χ3v) is 8.54. The summed E-state index contributed by atoms with van der Waals surface area (Å²) in [5.74, 6) is -4.07. The number of aliphatic hydroxyl groups excluding tert-OH is 1. The Morgan fingerprint density at radius 3 is 2.50 bits per heavy atom. The third kappa shape index (κ3) is 1.92. The SMILES string of the molecule is C[C@@H]1CC2C3C[C@H](F)C4=CC(=O)C=CC4(C)[C@@]3(F)[C@@H](O)CC2(C)[C@@]1(O)C(=O)O. The number of carbonyl (C=O) groups is 2. The van der Waals surface area contributed by atoms with E-state index in [0.29, 0.717) is 0 Å². The van der Waals surface area contributed by atoms with Crippen molar-refractivity contribution in [2.75, 3.05) is 0 Å². The molecular formula is C21H26F2O5. The van der Waals surface area contributed by atoms with Crippen LogP contribution in [-0.2, 0) is 9.59 Å². The van der Waals surface area contributed by atoms with E-state index in [4.69, 9.17) is 0 Å². The molecule has 0 saturated heterocycles. The quantitative estimate of drug-likeness (QED) is 0.633. The molecule has 0 heterocycles. The van der Waals surface area contributed by atoms with Crippen molar-refractivity contribution >= 4 is 11.8 Å². The molecule has 0 aromatic heterocycles. The van der Waals surface area contributed by atoms with Crippen LogP contribution in [0.15, 0.2) is 23.8 Å². The molecule has 5 nitrogen and oxygen atoms in total. The fourth-order valence-corrected chi connectivity index (χ4v) is 7.00. The average molecular weight is 396 g/mol. The second kappa shape index (κ2) is 5.51. The van der Waals surface area contributed by atoms with Crippen molar-refractivity contribution in [2.45, 2.75) is 63.6 Å². The number of carboxylic acids is 1. The van der Waals surface area contributed by atoms with Crippen LogP contribution in [0.2, 0.25) is 0 Å². The summed E-state index contributed by atoms with van der Waals surface area (Å²) in [7, 11) is 0. The molecule has 0 aromatic rings. The average Bonchev–Trinajstić information content (AvgIpc) is 2.81. The summed E-state index contributed by atoms with van der Waals surface area (Å²) in [6.45, 7) is 4.67. The van der Waals surface area contributed by atoms with Crippen LogP contribution >= 0.6 is 0 Å². The van der Waals surface area contributed by atoms with Gasteiger partial charge in [-0.25, -0.2) is 13.6 Å². The van der Waals surface area contributed by atoms with E-state index < -0.39 is 63.9 Å². The fourth-order valence-electron chi connectivity index (χ4n) is 7.00. The van der Waals surface area contributed by atoms with E-state index in [2.05, 4.69) is 0 Å². The Labute approximate surface area is 162 Å². The smallest absolute Gasteiger partial charge is 0.336 e. The Hall–Kier alpha value is -1.60. The summed E-state index contributed by atoms with van der Waals surface area (Å²) in [6, 6.07) is 0. The van der Waals surface area contributed by atoms with Gasteiger partial charge in [0, 0.05) is 16.7 Å². The molecule has 3 saturated carbocycles. The second-order valence-corrected chi connectivity index (χ2v) is 9.57. The number of hydrogen-bond acceptors (Lipinski definition) is 4. The van der Waals surface area contributed by atoms with Crippen molar-refractivity contribution in [3.63, 3.8) is 0 Å². The molecule has 154 valence electrons. The van der Waals surface area contributed by atoms with Crippen LogP contribution in [0.1, 0.15) is 40.0 Å². The topological polar surface area (TPSA) is 94.8 Å². The predicted octanol–water partition coefficient (Wildman–Crippen LogP) is 2.37. The molecule has 4 rings (SSSR count). The van der Waals surface area contributed by atoms with Crippen molar-refractivity contribution in [2.24, 2.45) is 28.6 Å². The molecular weight excluding hydrogens is 370 g/mol. The zero-order valence-electron chi connectivity index (χ0n) is 16.2. The lowest BCUT2D eigenvalue weighted by molar-refractivity contribution is -0.229. The van der Waals surface area contributed by atoms with Crippen LogP contribution in [0.4, 0.5) is 8.78 Å². The van der Waals surface area contributed by atoms with Crippen molar-refractivity contribution in [3.05, 3.63) is 23.8 Å². The molecule has 3 fully saturated rings. The number of hydrogen-bond donors (Lipinski definition) is 3. The maximum Gasteiger partial charge on any atom is 0.336 e. The maximum absolute atomic E-state index is 16.8. The third-order valence-electron chi connectivity index (χ3n) is 8.54. The lowest BCUT2D eigenvalue weighted by atomic mass is 9.44. The Morgan fingerprint density at radius 1 is 1.25 bits per heavy atom. The molecule has 0 aromatic carbocycles. The first-order chi connectivity index (χ1) is 12.8. The molecule has 0 bridgehead atoms. The van der Waals surface area contributed by atoms with Gasteiger partial charge in [0.25, 0.3) is 0 Å². The Balaban J connectivity index is 1.88.